The molecule has 0 N–H and O–H groups in total. The summed E-state index contributed by atoms with van der Waals surface area (Å²) in [6, 6.07) is 16.4. The van der Waals surface area contributed by atoms with Crippen LogP contribution in [0.4, 0.5) is 5.69 Å². The number of hydrogen-bond donors (Lipinski definition) is 0. The predicted octanol–water partition coefficient (Wildman–Crippen LogP) is 2.93. The second-order valence-corrected chi connectivity index (χ2v) is 4.53. The molecule has 2 rings (SSSR count). The lowest BCUT2D eigenvalue weighted by Gasteiger charge is -2.17. The lowest BCUT2D eigenvalue weighted by atomic mass is 10.2. The minimum Gasteiger partial charge on any atom is -0.493 e. The normalized spacial score (nSPS) is 9.95. The number of rotatable bonds is 6. The van der Waals surface area contributed by atoms with Crippen molar-refractivity contribution in [3.63, 3.8) is 0 Å². The zero-order valence-corrected chi connectivity index (χ0v) is 11.9. The zero-order chi connectivity index (χ0) is 15.1. The lowest BCUT2D eigenvalue weighted by Crippen LogP contribution is -2.26. The summed E-state index contributed by atoms with van der Waals surface area (Å²) in [6.45, 7) is 0.315. The van der Waals surface area contributed by atoms with Gasteiger partial charge in [-0.1, -0.05) is 24.3 Å². The summed E-state index contributed by atoms with van der Waals surface area (Å²) in [5.74, 6) is 0.478. The van der Waals surface area contributed by atoms with Crippen molar-refractivity contribution in [1.82, 2.24) is 0 Å². The smallest absolute Gasteiger partial charge is 0.258 e. The predicted molar refractivity (Wildman–Crippen MR) is 81.8 cm³/mol. The highest BCUT2D eigenvalue weighted by atomic mass is 16.5. The quantitative estimate of drug-likeness (QED) is 0.605. The molecular formula is C17H17NO3. The van der Waals surface area contributed by atoms with Crippen LogP contribution in [0, 0.1) is 0 Å². The minimum absolute atomic E-state index is 0.109. The van der Waals surface area contributed by atoms with Gasteiger partial charge >= 0.3 is 0 Å². The summed E-state index contributed by atoms with van der Waals surface area (Å²) >= 11 is 0. The average Bonchev–Trinajstić information content (AvgIpc) is 2.55. The molecule has 0 atom stereocenters. The largest absolute Gasteiger partial charge is 0.493 e. The Bertz CT molecular complexity index is 610. The van der Waals surface area contributed by atoms with Crippen molar-refractivity contribution in [3.05, 3.63) is 60.2 Å². The molecule has 0 fully saturated rings. The van der Waals surface area contributed by atoms with Gasteiger partial charge in [0.25, 0.3) is 5.91 Å². The third kappa shape index (κ3) is 3.92. The van der Waals surface area contributed by atoms with E-state index in [2.05, 4.69) is 0 Å². The first-order valence-electron chi connectivity index (χ1n) is 6.72. The minimum atomic E-state index is -0.109. The number of ether oxygens (including phenoxy) is 1. The van der Waals surface area contributed by atoms with Crippen molar-refractivity contribution in [2.75, 3.05) is 18.6 Å². The molecule has 21 heavy (non-hydrogen) atoms. The molecule has 2 aromatic rings. The van der Waals surface area contributed by atoms with Gasteiger partial charge in [0, 0.05) is 24.7 Å². The number of hydrogen-bond acceptors (Lipinski definition) is 3. The Morgan fingerprint density at radius 2 is 1.90 bits per heavy atom. The van der Waals surface area contributed by atoms with Gasteiger partial charge in [-0.2, -0.15) is 0 Å². The number of anilines is 1. The SMILES string of the molecule is CN(C(=O)c1cccc(OCCC=O)c1)c1ccccc1. The van der Waals surface area contributed by atoms with Crippen LogP contribution in [0.15, 0.2) is 54.6 Å². The average molecular weight is 283 g/mol. The summed E-state index contributed by atoms with van der Waals surface area (Å²) in [6.07, 6.45) is 1.14. The Morgan fingerprint density at radius 3 is 2.62 bits per heavy atom. The van der Waals surface area contributed by atoms with E-state index in [1.807, 2.05) is 30.3 Å². The summed E-state index contributed by atoms with van der Waals surface area (Å²) in [5, 5.41) is 0. The van der Waals surface area contributed by atoms with E-state index in [0.29, 0.717) is 24.3 Å². The monoisotopic (exact) mass is 283 g/mol. The molecule has 0 spiro atoms. The molecule has 0 bridgehead atoms. The van der Waals surface area contributed by atoms with E-state index >= 15 is 0 Å². The van der Waals surface area contributed by atoms with Gasteiger partial charge in [-0.15, -0.1) is 0 Å². The van der Waals surface area contributed by atoms with Gasteiger partial charge in [-0.3, -0.25) is 4.79 Å². The molecule has 0 heterocycles. The summed E-state index contributed by atoms with van der Waals surface area (Å²) in [5.41, 5.74) is 1.37. The summed E-state index contributed by atoms with van der Waals surface area (Å²) < 4.78 is 5.42. The van der Waals surface area contributed by atoms with E-state index in [9.17, 15) is 9.59 Å². The molecule has 2 aromatic carbocycles. The second kappa shape index (κ2) is 7.24. The molecule has 0 aliphatic heterocycles. The van der Waals surface area contributed by atoms with Crippen molar-refractivity contribution in [3.8, 4) is 5.75 Å². The van der Waals surface area contributed by atoms with Crippen molar-refractivity contribution in [1.29, 1.82) is 0 Å². The first-order valence-corrected chi connectivity index (χ1v) is 6.72. The fraction of sp³-hybridized carbons (Fsp3) is 0.176. The first kappa shape index (κ1) is 14.8. The van der Waals surface area contributed by atoms with Crippen LogP contribution in [-0.4, -0.2) is 25.8 Å². The standard InChI is InChI=1S/C17H17NO3/c1-18(15-8-3-2-4-9-15)17(20)14-7-5-10-16(13-14)21-12-6-11-19/h2-5,7-11,13H,6,12H2,1H3. The molecule has 0 unspecified atom stereocenters. The van der Waals surface area contributed by atoms with Crippen LogP contribution in [-0.2, 0) is 4.79 Å². The van der Waals surface area contributed by atoms with Crippen molar-refractivity contribution in [2.24, 2.45) is 0 Å². The van der Waals surface area contributed by atoms with E-state index in [0.717, 1.165) is 12.0 Å². The number of carbonyl (C=O) groups excluding carboxylic acids is 2. The number of para-hydroxylation sites is 1. The van der Waals surface area contributed by atoms with Gasteiger partial charge < -0.3 is 14.4 Å². The molecule has 0 saturated carbocycles. The van der Waals surface area contributed by atoms with Crippen LogP contribution in [0.25, 0.3) is 0 Å². The fourth-order valence-electron chi connectivity index (χ4n) is 1.91. The lowest BCUT2D eigenvalue weighted by molar-refractivity contribution is -0.108. The van der Waals surface area contributed by atoms with Crippen LogP contribution >= 0.6 is 0 Å². The Kier molecular flexibility index (Phi) is 5.10. The highest BCUT2D eigenvalue weighted by molar-refractivity contribution is 6.05. The number of benzene rings is 2. The maximum absolute atomic E-state index is 12.4. The van der Waals surface area contributed by atoms with Crippen molar-refractivity contribution >= 4 is 17.9 Å². The molecule has 1 amide bonds. The van der Waals surface area contributed by atoms with Gasteiger partial charge in [-0.05, 0) is 30.3 Å². The number of aldehydes is 1. The Balaban J connectivity index is 2.12. The zero-order valence-electron chi connectivity index (χ0n) is 11.9. The first-order chi connectivity index (χ1) is 10.2. The fourth-order valence-corrected chi connectivity index (χ4v) is 1.91. The number of carbonyl (C=O) groups is 2. The molecule has 0 saturated heterocycles. The maximum atomic E-state index is 12.4. The van der Waals surface area contributed by atoms with E-state index in [1.54, 1.807) is 36.2 Å². The van der Waals surface area contributed by atoms with Gasteiger partial charge in [0.15, 0.2) is 0 Å². The van der Waals surface area contributed by atoms with E-state index < -0.39 is 0 Å². The van der Waals surface area contributed by atoms with Crippen LogP contribution in [0.2, 0.25) is 0 Å². The molecule has 0 aliphatic carbocycles. The third-order valence-corrected chi connectivity index (χ3v) is 3.03. The summed E-state index contributed by atoms with van der Waals surface area (Å²) in [7, 11) is 1.73. The molecule has 108 valence electrons. The molecule has 4 nitrogen and oxygen atoms in total. The van der Waals surface area contributed by atoms with Crippen LogP contribution in [0.1, 0.15) is 16.8 Å². The Morgan fingerprint density at radius 1 is 1.14 bits per heavy atom. The number of amides is 1. The van der Waals surface area contributed by atoms with Crippen LogP contribution < -0.4 is 9.64 Å². The molecule has 0 aliphatic rings. The molecule has 0 aromatic heterocycles. The Hall–Kier alpha value is -2.62. The summed E-state index contributed by atoms with van der Waals surface area (Å²) in [4.78, 5) is 24.3. The van der Waals surface area contributed by atoms with E-state index in [-0.39, 0.29) is 5.91 Å². The topological polar surface area (TPSA) is 46.6 Å². The molecule has 0 radical (unpaired) electrons. The molecular weight excluding hydrogens is 266 g/mol. The van der Waals surface area contributed by atoms with Crippen molar-refractivity contribution in [2.45, 2.75) is 6.42 Å². The highest BCUT2D eigenvalue weighted by Crippen LogP contribution is 2.18. The van der Waals surface area contributed by atoms with Gasteiger partial charge in [0.2, 0.25) is 0 Å². The molecule has 4 heteroatoms. The second-order valence-electron chi connectivity index (χ2n) is 4.53. The van der Waals surface area contributed by atoms with E-state index in [4.69, 9.17) is 4.74 Å². The van der Waals surface area contributed by atoms with Gasteiger partial charge in [-0.25, -0.2) is 0 Å². The third-order valence-electron chi connectivity index (χ3n) is 3.03. The van der Waals surface area contributed by atoms with Crippen LogP contribution in [0.3, 0.4) is 0 Å². The maximum Gasteiger partial charge on any atom is 0.258 e. The van der Waals surface area contributed by atoms with Crippen molar-refractivity contribution < 1.29 is 14.3 Å². The van der Waals surface area contributed by atoms with E-state index in [1.165, 1.54) is 0 Å². The Labute approximate surface area is 124 Å². The number of nitrogens with zero attached hydrogens (tertiary/aromatic N) is 1. The van der Waals surface area contributed by atoms with Gasteiger partial charge in [0.1, 0.15) is 12.0 Å². The van der Waals surface area contributed by atoms with Crippen LogP contribution in [0.5, 0.6) is 5.75 Å². The van der Waals surface area contributed by atoms with Gasteiger partial charge in [0.05, 0.1) is 6.61 Å². The highest BCUT2D eigenvalue weighted by Gasteiger charge is 2.13.